The molecule has 0 radical (unpaired) electrons. The maximum absolute atomic E-state index is 10.5. The summed E-state index contributed by atoms with van der Waals surface area (Å²) in [6.07, 6.45) is 2.38. The maximum Gasteiger partial charge on any atom is 0.328 e. The van der Waals surface area contributed by atoms with Gasteiger partial charge in [0.15, 0.2) is 6.61 Å². The lowest BCUT2D eigenvalue weighted by Crippen LogP contribution is -2.20. The summed E-state index contributed by atoms with van der Waals surface area (Å²) in [5, 5.41) is 8.48. The third-order valence-electron chi connectivity index (χ3n) is 1.69. The van der Waals surface area contributed by atoms with Gasteiger partial charge in [0.2, 0.25) is 0 Å². The van der Waals surface area contributed by atoms with Crippen LogP contribution in [0.2, 0.25) is 0 Å². The molecule has 5 heteroatoms. The van der Waals surface area contributed by atoms with E-state index in [-0.39, 0.29) is 6.61 Å². The average Bonchev–Trinajstić information content (AvgIpc) is 2.24. The van der Waals surface area contributed by atoms with Gasteiger partial charge in [-0.15, -0.1) is 0 Å². The van der Waals surface area contributed by atoms with Crippen molar-refractivity contribution in [2.24, 2.45) is 5.73 Å². The van der Waals surface area contributed by atoms with Gasteiger partial charge in [-0.1, -0.05) is 18.2 Å². The molecule has 0 saturated heterocycles. The van der Waals surface area contributed by atoms with E-state index in [0.29, 0.717) is 11.3 Å². The Balaban J connectivity index is 2.83. The highest BCUT2D eigenvalue weighted by molar-refractivity contribution is 5.86. The second-order valence-electron chi connectivity index (χ2n) is 2.96. The first kappa shape index (κ1) is 11.8. The van der Waals surface area contributed by atoms with E-state index in [1.165, 1.54) is 6.08 Å². The van der Waals surface area contributed by atoms with Crippen LogP contribution in [0, 0.1) is 0 Å². The molecule has 0 aromatic heterocycles. The Morgan fingerprint density at radius 3 is 2.69 bits per heavy atom. The molecule has 5 nitrogen and oxygen atoms in total. The molecule has 0 saturated carbocycles. The number of carbonyl (C=O) groups excluding carboxylic acids is 1. The van der Waals surface area contributed by atoms with Gasteiger partial charge in [0.1, 0.15) is 5.75 Å². The van der Waals surface area contributed by atoms with Gasteiger partial charge in [0, 0.05) is 11.6 Å². The number of rotatable bonds is 5. The number of carboxylic acids is 1. The predicted molar refractivity (Wildman–Crippen MR) is 57.8 cm³/mol. The van der Waals surface area contributed by atoms with E-state index in [4.69, 9.17) is 15.6 Å². The molecule has 0 atom stereocenters. The zero-order chi connectivity index (χ0) is 12.0. The molecule has 0 unspecified atom stereocenters. The highest BCUT2D eigenvalue weighted by Gasteiger charge is 2.02. The van der Waals surface area contributed by atoms with Crippen LogP contribution in [-0.4, -0.2) is 23.6 Å². The number of benzene rings is 1. The Hall–Kier alpha value is -2.30. The van der Waals surface area contributed by atoms with Gasteiger partial charge in [-0.2, -0.15) is 0 Å². The average molecular weight is 221 g/mol. The van der Waals surface area contributed by atoms with E-state index in [2.05, 4.69) is 0 Å². The third-order valence-corrected chi connectivity index (χ3v) is 1.69. The topological polar surface area (TPSA) is 89.6 Å². The van der Waals surface area contributed by atoms with Gasteiger partial charge >= 0.3 is 5.97 Å². The minimum absolute atomic E-state index is 0.238. The summed E-state index contributed by atoms with van der Waals surface area (Å²) in [5.41, 5.74) is 5.51. The maximum atomic E-state index is 10.5. The van der Waals surface area contributed by atoms with E-state index in [0.717, 1.165) is 6.08 Å². The number of nitrogens with two attached hydrogens (primary N) is 1. The van der Waals surface area contributed by atoms with Crippen LogP contribution in [0.3, 0.4) is 0 Å². The van der Waals surface area contributed by atoms with Crippen LogP contribution in [0.4, 0.5) is 0 Å². The number of hydrogen-bond donors (Lipinski definition) is 2. The fourth-order valence-corrected chi connectivity index (χ4v) is 1.06. The van der Waals surface area contributed by atoms with E-state index < -0.39 is 11.9 Å². The van der Waals surface area contributed by atoms with Crippen LogP contribution in [0.25, 0.3) is 6.08 Å². The number of primary amides is 1. The standard InChI is InChI=1S/C11H11NO4/c12-10(13)7-16-9-4-2-1-3-8(9)5-6-11(14)15/h1-6H,7H2,(H2,12,13)(H,14,15)/b6-5+. The minimum atomic E-state index is -1.05. The lowest BCUT2D eigenvalue weighted by Gasteiger charge is -2.06. The number of aliphatic carboxylic acids is 1. The van der Waals surface area contributed by atoms with Crippen LogP contribution >= 0.6 is 0 Å². The van der Waals surface area contributed by atoms with Crippen molar-refractivity contribution in [3.63, 3.8) is 0 Å². The van der Waals surface area contributed by atoms with Gasteiger partial charge in [-0.3, -0.25) is 4.79 Å². The highest BCUT2D eigenvalue weighted by atomic mass is 16.5. The molecule has 0 aliphatic heterocycles. The van der Waals surface area contributed by atoms with E-state index in [9.17, 15) is 9.59 Å². The van der Waals surface area contributed by atoms with Crippen LogP contribution in [0.1, 0.15) is 5.56 Å². The van der Waals surface area contributed by atoms with E-state index >= 15 is 0 Å². The molecule has 1 rings (SSSR count). The normalized spacial score (nSPS) is 10.2. The highest BCUT2D eigenvalue weighted by Crippen LogP contribution is 2.19. The van der Waals surface area contributed by atoms with Crippen molar-refractivity contribution in [2.75, 3.05) is 6.61 Å². The summed E-state index contributed by atoms with van der Waals surface area (Å²) in [5.74, 6) is -1.22. The molecule has 0 aliphatic rings. The van der Waals surface area contributed by atoms with Gasteiger partial charge in [0.05, 0.1) is 0 Å². The molecule has 1 aromatic rings. The molecule has 16 heavy (non-hydrogen) atoms. The van der Waals surface area contributed by atoms with Crippen molar-refractivity contribution >= 4 is 18.0 Å². The fraction of sp³-hybridized carbons (Fsp3) is 0.0909. The summed E-state index contributed by atoms with van der Waals surface area (Å²) in [7, 11) is 0. The number of carbonyl (C=O) groups is 2. The molecular weight excluding hydrogens is 210 g/mol. The van der Waals surface area contributed by atoms with Crippen molar-refractivity contribution in [2.45, 2.75) is 0 Å². The third kappa shape index (κ3) is 3.83. The summed E-state index contributed by atoms with van der Waals surface area (Å²) in [6, 6.07) is 6.76. The lowest BCUT2D eigenvalue weighted by molar-refractivity contribution is -0.131. The number of carboxylic acid groups (broad SMARTS) is 1. The molecule has 1 aromatic carbocycles. The largest absolute Gasteiger partial charge is 0.483 e. The lowest BCUT2D eigenvalue weighted by atomic mass is 10.2. The molecule has 0 bridgehead atoms. The molecule has 0 spiro atoms. The van der Waals surface area contributed by atoms with Crippen molar-refractivity contribution < 1.29 is 19.4 Å². The first-order valence-electron chi connectivity index (χ1n) is 4.50. The molecular formula is C11H11NO4. The first-order valence-corrected chi connectivity index (χ1v) is 4.50. The van der Waals surface area contributed by atoms with Gasteiger partial charge in [0.25, 0.3) is 5.91 Å². The summed E-state index contributed by atoms with van der Waals surface area (Å²) in [4.78, 5) is 20.9. The Bertz CT molecular complexity index is 426. The second kappa shape index (κ2) is 5.55. The Morgan fingerprint density at radius 1 is 1.38 bits per heavy atom. The van der Waals surface area contributed by atoms with Crippen LogP contribution < -0.4 is 10.5 Å². The van der Waals surface area contributed by atoms with Crippen molar-refractivity contribution in [1.29, 1.82) is 0 Å². The van der Waals surface area contributed by atoms with Gasteiger partial charge in [-0.05, 0) is 12.1 Å². The molecule has 0 fully saturated rings. The van der Waals surface area contributed by atoms with Crippen molar-refractivity contribution in [3.05, 3.63) is 35.9 Å². The summed E-state index contributed by atoms with van der Waals surface area (Å²) in [6.45, 7) is -0.238. The molecule has 3 N–H and O–H groups in total. The van der Waals surface area contributed by atoms with Crippen LogP contribution in [-0.2, 0) is 9.59 Å². The Kier molecular flexibility index (Phi) is 4.08. The zero-order valence-electron chi connectivity index (χ0n) is 8.42. The predicted octanol–water partition coefficient (Wildman–Crippen LogP) is 0.648. The van der Waals surface area contributed by atoms with Gasteiger partial charge in [-0.25, -0.2) is 4.79 Å². The van der Waals surface area contributed by atoms with E-state index in [1.807, 2.05) is 0 Å². The van der Waals surface area contributed by atoms with Crippen molar-refractivity contribution in [1.82, 2.24) is 0 Å². The van der Waals surface area contributed by atoms with Crippen LogP contribution in [0.15, 0.2) is 30.3 Å². The number of amides is 1. The number of ether oxygens (including phenoxy) is 1. The quantitative estimate of drug-likeness (QED) is 0.714. The first-order chi connectivity index (χ1) is 7.59. The zero-order valence-corrected chi connectivity index (χ0v) is 8.42. The minimum Gasteiger partial charge on any atom is -0.483 e. The molecule has 0 aliphatic carbocycles. The second-order valence-corrected chi connectivity index (χ2v) is 2.96. The van der Waals surface area contributed by atoms with Gasteiger partial charge < -0.3 is 15.6 Å². The molecule has 0 heterocycles. The smallest absolute Gasteiger partial charge is 0.328 e. The monoisotopic (exact) mass is 221 g/mol. The van der Waals surface area contributed by atoms with Crippen molar-refractivity contribution in [3.8, 4) is 5.75 Å². The number of hydrogen-bond acceptors (Lipinski definition) is 3. The summed E-state index contributed by atoms with van der Waals surface area (Å²) < 4.78 is 5.11. The molecule has 84 valence electrons. The Labute approximate surface area is 92.1 Å². The molecule has 1 amide bonds. The SMILES string of the molecule is NC(=O)COc1ccccc1/C=C/C(=O)O. The number of para-hydroxylation sites is 1. The Morgan fingerprint density at radius 2 is 2.06 bits per heavy atom. The van der Waals surface area contributed by atoms with E-state index in [1.54, 1.807) is 24.3 Å². The fourth-order valence-electron chi connectivity index (χ4n) is 1.06. The van der Waals surface area contributed by atoms with Crippen LogP contribution in [0.5, 0.6) is 5.75 Å². The summed E-state index contributed by atoms with van der Waals surface area (Å²) >= 11 is 0.